The van der Waals surface area contributed by atoms with Gasteiger partial charge in [0.25, 0.3) is 0 Å². The van der Waals surface area contributed by atoms with Crippen molar-refractivity contribution < 1.29 is 4.79 Å². The van der Waals surface area contributed by atoms with Crippen LogP contribution in [-0.4, -0.2) is 36.0 Å². The van der Waals surface area contributed by atoms with Crippen LogP contribution in [0.25, 0.3) is 0 Å². The highest BCUT2D eigenvalue weighted by molar-refractivity contribution is 5.86. The molecule has 1 rings (SSSR count). The van der Waals surface area contributed by atoms with Crippen LogP contribution < -0.4 is 5.32 Å². The molecule has 0 saturated carbocycles. The largest absolute Gasteiger partial charge is 0.340 e. The van der Waals surface area contributed by atoms with Gasteiger partial charge < -0.3 is 10.2 Å². The first kappa shape index (κ1) is 12.5. The zero-order chi connectivity index (χ0) is 11.5. The van der Waals surface area contributed by atoms with Gasteiger partial charge in [-0.2, -0.15) is 0 Å². The Hall–Kier alpha value is -0.570. The Morgan fingerprint density at radius 3 is 2.73 bits per heavy atom. The summed E-state index contributed by atoms with van der Waals surface area (Å²) in [6, 6.07) is 0. The van der Waals surface area contributed by atoms with Gasteiger partial charge in [0.15, 0.2) is 0 Å². The minimum absolute atomic E-state index is 0.248. The number of carbonyl (C=O) groups is 1. The first-order valence-electron chi connectivity index (χ1n) is 5.98. The van der Waals surface area contributed by atoms with Crippen LogP contribution >= 0.6 is 0 Å². The van der Waals surface area contributed by atoms with Crippen LogP contribution in [0.4, 0.5) is 0 Å². The van der Waals surface area contributed by atoms with Crippen LogP contribution in [0.5, 0.6) is 0 Å². The standard InChI is InChI=1S/C12H24N2O/c1-10(2)6-5-8-14-9-7-13-12(3,4)11(14)15/h10,13H,5-9H2,1-4H3. The number of nitrogens with one attached hydrogen (secondary N) is 1. The van der Waals surface area contributed by atoms with E-state index < -0.39 is 0 Å². The van der Waals surface area contributed by atoms with Crippen LogP contribution in [-0.2, 0) is 4.79 Å². The van der Waals surface area contributed by atoms with Gasteiger partial charge in [-0.15, -0.1) is 0 Å². The molecule has 0 bridgehead atoms. The molecule has 1 N–H and O–H groups in total. The van der Waals surface area contributed by atoms with Gasteiger partial charge >= 0.3 is 0 Å². The second-order valence-corrected chi connectivity index (χ2v) is 5.38. The third kappa shape index (κ3) is 3.49. The second kappa shape index (κ2) is 4.97. The molecule has 1 aliphatic rings. The summed E-state index contributed by atoms with van der Waals surface area (Å²) >= 11 is 0. The summed E-state index contributed by atoms with van der Waals surface area (Å²) in [5, 5.41) is 3.25. The third-order valence-corrected chi connectivity index (χ3v) is 2.98. The van der Waals surface area contributed by atoms with Crippen molar-refractivity contribution in [3.05, 3.63) is 0 Å². The van der Waals surface area contributed by atoms with Gasteiger partial charge in [0.2, 0.25) is 5.91 Å². The van der Waals surface area contributed by atoms with Crippen molar-refractivity contribution in [2.75, 3.05) is 19.6 Å². The quantitative estimate of drug-likeness (QED) is 0.768. The number of hydrogen-bond acceptors (Lipinski definition) is 2. The average Bonchev–Trinajstić information content (AvgIpc) is 2.12. The Morgan fingerprint density at radius 2 is 2.13 bits per heavy atom. The molecule has 0 unspecified atom stereocenters. The smallest absolute Gasteiger partial charge is 0.242 e. The van der Waals surface area contributed by atoms with E-state index in [1.807, 2.05) is 18.7 Å². The first-order valence-corrected chi connectivity index (χ1v) is 5.98. The lowest BCUT2D eigenvalue weighted by molar-refractivity contribution is -0.139. The van der Waals surface area contributed by atoms with Crippen LogP contribution in [0.1, 0.15) is 40.5 Å². The normalized spacial score (nSPS) is 21.1. The lowest BCUT2D eigenvalue weighted by Gasteiger charge is -2.38. The van der Waals surface area contributed by atoms with Gasteiger partial charge in [0.1, 0.15) is 0 Å². The van der Waals surface area contributed by atoms with Crippen molar-refractivity contribution in [1.29, 1.82) is 0 Å². The number of amides is 1. The summed E-state index contributed by atoms with van der Waals surface area (Å²) in [7, 11) is 0. The van der Waals surface area contributed by atoms with E-state index in [9.17, 15) is 4.79 Å². The number of rotatable bonds is 4. The van der Waals surface area contributed by atoms with Gasteiger partial charge in [-0.05, 0) is 32.6 Å². The number of nitrogens with zero attached hydrogens (tertiary/aromatic N) is 1. The van der Waals surface area contributed by atoms with Crippen LogP contribution in [0, 0.1) is 5.92 Å². The molecule has 0 aromatic rings. The third-order valence-electron chi connectivity index (χ3n) is 2.98. The molecule has 1 fully saturated rings. The van der Waals surface area contributed by atoms with E-state index in [1.165, 1.54) is 6.42 Å². The Morgan fingerprint density at radius 1 is 1.47 bits per heavy atom. The molecule has 1 heterocycles. The molecule has 0 aromatic carbocycles. The van der Waals surface area contributed by atoms with Crippen LogP contribution in [0.15, 0.2) is 0 Å². The number of piperazine rings is 1. The summed E-state index contributed by atoms with van der Waals surface area (Å²) in [5.74, 6) is 0.980. The van der Waals surface area contributed by atoms with Crippen LogP contribution in [0.2, 0.25) is 0 Å². The summed E-state index contributed by atoms with van der Waals surface area (Å²) in [6.45, 7) is 11.1. The highest BCUT2D eigenvalue weighted by atomic mass is 16.2. The van der Waals surface area contributed by atoms with Crippen molar-refractivity contribution in [2.24, 2.45) is 5.92 Å². The van der Waals surface area contributed by atoms with Crippen molar-refractivity contribution in [3.63, 3.8) is 0 Å². The Labute approximate surface area is 93.2 Å². The molecule has 0 aliphatic carbocycles. The van der Waals surface area contributed by atoms with Crippen molar-refractivity contribution >= 4 is 5.91 Å². The van der Waals surface area contributed by atoms with E-state index in [0.29, 0.717) is 0 Å². The summed E-state index contributed by atoms with van der Waals surface area (Å²) in [5.41, 5.74) is -0.365. The predicted molar refractivity (Wildman–Crippen MR) is 62.7 cm³/mol. The molecule has 1 aliphatic heterocycles. The first-order chi connectivity index (χ1) is 6.93. The van der Waals surface area contributed by atoms with Crippen molar-refractivity contribution in [1.82, 2.24) is 10.2 Å². The van der Waals surface area contributed by atoms with Gasteiger partial charge in [-0.1, -0.05) is 13.8 Å². The highest BCUT2D eigenvalue weighted by Gasteiger charge is 2.34. The zero-order valence-corrected chi connectivity index (χ0v) is 10.5. The molecular formula is C12H24N2O. The monoisotopic (exact) mass is 212 g/mol. The molecular weight excluding hydrogens is 188 g/mol. The maximum Gasteiger partial charge on any atom is 0.242 e. The topological polar surface area (TPSA) is 32.3 Å². The second-order valence-electron chi connectivity index (χ2n) is 5.38. The molecule has 3 heteroatoms. The van der Waals surface area contributed by atoms with Gasteiger partial charge in [0, 0.05) is 19.6 Å². The molecule has 15 heavy (non-hydrogen) atoms. The lowest BCUT2D eigenvalue weighted by atomic mass is 10.00. The predicted octanol–water partition coefficient (Wildman–Crippen LogP) is 1.63. The highest BCUT2D eigenvalue weighted by Crippen LogP contribution is 2.14. The minimum atomic E-state index is -0.365. The molecule has 1 saturated heterocycles. The summed E-state index contributed by atoms with van der Waals surface area (Å²) in [4.78, 5) is 14.0. The van der Waals surface area contributed by atoms with Crippen molar-refractivity contribution in [3.8, 4) is 0 Å². The fourth-order valence-corrected chi connectivity index (χ4v) is 1.98. The Balaban J connectivity index is 2.38. The van der Waals surface area contributed by atoms with Gasteiger partial charge in [-0.25, -0.2) is 0 Å². The average molecular weight is 212 g/mol. The number of hydrogen-bond donors (Lipinski definition) is 1. The molecule has 3 nitrogen and oxygen atoms in total. The molecule has 0 spiro atoms. The van der Waals surface area contributed by atoms with E-state index in [-0.39, 0.29) is 11.4 Å². The summed E-state index contributed by atoms with van der Waals surface area (Å²) < 4.78 is 0. The maximum atomic E-state index is 12.0. The van der Waals surface area contributed by atoms with Gasteiger partial charge in [0.05, 0.1) is 5.54 Å². The Bertz CT molecular complexity index is 224. The van der Waals surface area contributed by atoms with Crippen molar-refractivity contribution in [2.45, 2.75) is 46.1 Å². The molecule has 88 valence electrons. The molecule has 0 aromatic heterocycles. The lowest BCUT2D eigenvalue weighted by Crippen LogP contribution is -2.61. The van der Waals surface area contributed by atoms with E-state index in [4.69, 9.17) is 0 Å². The van der Waals surface area contributed by atoms with E-state index in [2.05, 4.69) is 19.2 Å². The fourth-order valence-electron chi connectivity index (χ4n) is 1.98. The molecule has 1 amide bonds. The SMILES string of the molecule is CC(C)CCCN1CCNC(C)(C)C1=O. The summed E-state index contributed by atoms with van der Waals surface area (Å²) in [6.07, 6.45) is 2.33. The van der Waals surface area contributed by atoms with Crippen LogP contribution in [0.3, 0.4) is 0 Å². The maximum absolute atomic E-state index is 12.0. The molecule has 0 radical (unpaired) electrons. The molecule has 0 atom stereocenters. The zero-order valence-electron chi connectivity index (χ0n) is 10.5. The van der Waals surface area contributed by atoms with E-state index >= 15 is 0 Å². The fraction of sp³-hybridized carbons (Fsp3) is 0.917. The van der Waals surface area contributed by atoms with Gasteiger partial charge in [-0.3, -0.25) is 4.79 Å². The Kier molecular flexibility index (Phi) is 4.14. The van der Waals surface area contributed by atoms with E-state index in [1.54, 1.807) is 0 Å². The minimum Gasteiger partial charge on any atom is -0.340 e. The number of carbonyl (C=O) groups excluding carboxylic acids is 1. The van der Waals surface area contributed by atoms with E-state index in [0.717, 1.165) is 32.0 Å².